The number of aromatic nitrogens is 6. The van der Waals surface area contributed by atoms with Crippen LogP contribution in [0.5, 0.6) is 5.75 Å². The van der Waals surface area contributed by atoms with Crippen molar-refractivity contribution < 1.29 is 31.2 Å². The van der Waals surface area contributed by atoms with Crippen molar-refractivity contribution in [1.82, 2.24) is 35.7 Å². The van der Waals surface area contributed by atoms with Crippen LogP contribution in [0.1, 0.15) is 20.3 Å². The Labute approximate surface area is 210 Å². The van der Waals surface area contributed by atoms with Gasteiger partial charge in [0.2, 0.25) is 0 Å². The monoisotopic (exact) mass is 518 g/mol. The van der Waals surface area contributed by atoms with Crippen molar-refractivity contribution in [3.05, 3.63) is 66.0 Å². The van der Waals surface area contributed by atoms with Crippen LogP contribution in [-0.2, 0) is 6.18 Å². The van der Waals surface area contributed by atoms with E-state index < -0.39 is 36.3 Å². The molecule has 3 N–H and O–H groups in total. The molecule has 4 rings (SSSR count). The summed E-state index contributed by atoms with van der Waals surface area (Å²) in [6, 6.07) is 7.68. The number of alkyl halides is 3. The summed E-state index contributed by atoms with van der Waals surface area (Å²) in [5, 5.41) is 21.5. The van der Waals surface area contributed by atoms with Crippen LogP contribution in [-0.4, -0.2) is 50.4 Å². The highest BCUT2D eigenvalue weighted by Gasteiger charge is 2.33. The van der Waals surface area contributed by atoms with Crippen LogP contribution in [0.3, 0.4) is 0 Å². The van der Waals surface area contributed by atoms with Gasteiger partial charge in [0.1, 0.15) is 0 Å². The van der Waals surface area contributed by atoms with E-state index >= 15 is 0 Å². The first kappa shape index (κ1) is 21.3. The molecule has 0 aliphatic heterocycles. The molecule has 0 atom stereocenters. The van der Waals surface area contributed by atoms with Crippen LogP contribution >= 0.6 is 0 Å². The van der Waals surface area contributed by atoms with Crippen molar-refractivity contribution >= 4 is 28.9 Å². The van der Waals surface area contributed by atoms with Gasteiger partial charge in [-0.25, -0.2) is 14.4 Å². The van der Waals surface area contributed by atoms with E-state index in [2.05, 4.69) is 41.0 Å². The van der Waals surface area contributed by atoms with E-state index in [4.69, 9.17) is 8.85 Å². The summed E-state index contributed by atoms with van der Waals surface area (Å²) < 4.78 is 79.2. The quantitative estimate of drug-likeness (QED) is 0.310. The lowest BCUT2D eigenvalue weighted by molar-refractivity contribution is -0.141. The minimum Gasteiger partial charge on any atom is -0.494 e. The molecule has 3 aromatic heterocycles. The average Bonchev–Trinajstić information content (AvgIpc) is 2.88. The standard InChI is InChI=1S/C22H17F4N9O2/c1-27-21(36)18-14(8-17(34-35-18)31-16-7-6-15(32-33-16)22(24,25)26)30-13-5-3-4-12(19(13)37-2)20-28-9-11(23)10-29-20/h3-10H,1-2H3,(H,27,36)(H2,30,31,33,34)/i1D3. The van der Waals surface area contributed by atoms with Gasteiger partial charge in [-0.05, 0) is 24.3 Å². The normalized spacial score (nSPS) is 12.6. The number of carbonyl (C=O) groups excluding carboxylic acids is 1. The summed E-state index contributed by atoms with van der Waals surface area (Å²) in [5.74, 6) is -1.66. The van der Waals surface area contributed by atoms with Gasteiger partial charge in [0.15, 0.2) is 40.4 Å². The highest BCUT2D eigenvalue weighted by Crippen LogP contribution is 2.37. The first-order chi connectivity index (χ1) is 18.8. The van der Waals surface area contributed by atoms with E-state index in [-0.39, 0.29) is 34.6 Å². The number of carbonyl (C=O) groups is 1. The number of methoxy groups -OCH3 is 1. The minimum absolute atomic E-state index is 0.0744. The van der Waals surface area contributed by atoms with E-state index in [9.17, 15) is 22.4 Å². The van der Waals surface area contributed by atoms with Crippen molar-refractivity contribution in [2.45, 2.75) is 6.18 Å². The van der Waals surface area contributed by atoms with Crippen LogP contribution in [0.25, 0.3) is 11.4 Å². The Bertz CT molecular complexity index is 1520. The smallest absolute Gasteiger partial charge is 0.435 e. The van der Waals surface area contributed by atoms with Gasteiger partial charge in [-0.2, -0.15) is 13.2 Å². The Morgan fingerprint density at radius 1 is 0.973 bits per heavy atom. The molecule has 3 heterocycles. The Balaban J connectivity index is 1.72. The lowest BCUT2D eigenvalue weighted by Crippen LogP contribution is -2.21. The summed E-state index contributed by atoms with van der Waals surface area (Å²) in [7, 11) is 1.34. The van der Waals surface area contributed by atoms with Crippen LogP contribution in [0, 0.1) is 5.82 Å². The lowest BCUT2D eigenvalue weighted by atomic mass is 10.1. The average molecular weight is 518 g/mol. The molecule has 0 unspecified atom stereocenters. The zero-order valence-corrected chi connectivity index (χ0v) is 18.6. The van der Waals surface area contributed by atoms with Gasteiger partial charge in [0, 0.05) is 17.2 Å². The molecule has 37 heavy (non-hydrogen) atoms. The zero-order chi connectivity index (χ0) is 29.1. The fraction of sp³-hybridized carbons (Fsp3) is 0.136. The molecule has 0 saturated heterocycles. The number of halogens is 4. The number of nitrogens with one attached hydrogen (secondary N) is 3. The molecule has 0 aliphatic rings. The number of rotatable bonds is 7. The van der Waals surface area contributed by atoms with E-state index in [0.717, 1.165) is 18.5 Å². The second kappa shape index (κ2) is 10.3. The number of nitrogens with zero attached hydrogens (tertiary/aromatic N) is 6. The van der Waals surface area contributed by atoms with E-state index in [1.165, 1.54) is 13.2 Å². The Kier molecular flexibility index (Phi) is 5.97. The van der Waals surface area contributed by atoms with Crippen LogP contribution < -0.4 is 20.7 Å². The molecule has 11 nitrogen and oxygen atoms in total. The predicted octanol–water partition coefficient (Wildman–Crippen LogP) is 3.74. The van der Waals surface area contributed by atoms with Crippen molar-refractivity contribution in [2.75, 3.05) is 24.7 Å². The van der Waals surface area contributed by atoms with Crippen molar-refractivity contribution in [1.29, 1.82) is 0 Å². The topological polar surface area (TPSA) is 140 Å². The number of amides is 1. The Morgan fingerprint density at radius 2 is 1.73 bits per heavy atom. The first-order valence-corrected chi connectivity index (χ1v) is 10.1. The van der Waals surface area contributed by atoms with Gasteiger partial charge in [0.05, 0.1) is 36.4 Å². The molecule has 0 bridgehead atoms. The zero-order valence-electron chi connectivity index (χ0n) is 21.6. The lowest BCUT2D eigenvalue weighted by Gasteiger charge is -2.16. The SMILES string of the molecule is [2H]C([2H])([2H])NC(=O)c1nnc(Nc2ccc(C(F)(F)F)nn2)cc1Nc1cccc(-c2ncc(F)cn2)c1OC. The van der Waals surface area contributed by atoms with Crippen LogP contribution in [0.4, 0.5) is 40.6 Å². The van der Waals surface area contributed by atoms with Gasteiger partial charge >= 0.3 is 6.18 Å². The molecule has 0 radical (unpaired) electrons. The summed E-state index contributed by atoms with van der Waals surface area (Å²) in [5.41, 5.74) is -1.13. The third kappa shape index (κ3) is 5.66. The predicted molar refractivity (Wildman–Crippen MR) is 123 cm³/mol. The van der Waals surface area contributed by atoms with E-state index in [0.29, 0.717) is 11.6 Å². The number of hydrogen-bond acceptors (Lipinski definition) is 10. The summed E-state index contributed by atoms with van der Waals surface area (Å²) in [6.45, 7) is -2.85. The summed E-state index contributed by atoms with van der Waals surface area (Å²) in [6.07, 6.45) is -2.76. The molecule has 0 saturated carbocycles. The fourth-order valence-corrected chi connectivity index (χ4v) is 3.08. The van der Waals surface area contributed by atoms with Gasteiger partial charge in [-0.15, -0.1) is 20.4 Å². The van der Waals surface area contributed by atoms with Crippen LogP contribution in [0.15, 0.2) is 48.8 Å². The van der Waals surface area contributed by atoms with E-state index in [1.807, 2.05) is 0 Å². The highest BCUT2D eigenvalue weighted by atomic mass is 19.4. The first-order valence-electron chi connectivity index (χ1n) is 11.6. The number of para-hydroxylation sites is 1. The largest absolute Gasteiger partial charge is 0.494 e. The number of hydrogen-bond donors (Lipinski definition) is 3. The molecular formula is C22H17F4N9O2. The maximum absolute atomic E-state index is 13.3. The third-order valence-corrected chi connectivity index (χ3v) is 4.68. The third-order valence-electron chi connectivity index (χ3n) is 4.68. The second-order valence-electron chi connectivity index (χ2n) is 7.11. The maximum atomic E-state index is 13.3. The molecular weight excluding hydrogens is 498 g/mol. The van der Waals surface area contributed by atoms with Crippen molar-refractivity contribution in [3.63, 3.8) is 0 Å². The maximum Gasteiger partial charge on any atom is 0.435 e. The summed E-state index contributed by atoms with van der Waals surface area (Å²) in [4.78, 5) is 20.6. The Hall–Kier alpha value is -4.95. The number of benzene rings is 1. The van der Waals surface area contributed by atoms with Gasteiger partial charge in [-0.1, -0.05) is 6.07 Å². The molecule has 190 valence electrons. The highest BCUT2D eigenvalue weighted by molar-refractivity contribution is 5.99. The molecule has 0 aliphatic carbocycles. The summed E-state index contributed by atoms with van der Waals surface area (Å²) >= 11 is 0. The van der Waals surface area contributed by atoms with Gasteiger partial charge in [-0.3, -0.25) is 4.79 Å². The number of ether oxygens (including phenoxy) is 1. The van der Waals surface area contributed by atoms with Gasteiger partial charge < -0.3 is 20.7 Å². The molecule has 1 amide bonds. The van der Waals surface area contributed by atoms with Crippen molar-refractivity contribution in [2.24, 2.45) is 0 Å². The molecule has 1 aromatic carbocycles. The molecule has 15 heteroatoms. The molecule has 4 aromatic rings. The van der Waals surface area contributed by atoms with Crippen molar-refractivity contribution in [3.8, 4) is 17.1 Å². The molecule has 0 spiro atoms. The van der Waals surface area contributed by atoms with E-state index in [1.54, 1.807) is 23.5 Å². The second-order valence-corrected chi connectivity index (χ2v) is 7.11. The fourth-order valence-electron chi connectivity index (χ4n) is 3.08. The minimum atomic E-state index is -4.69. The Morgan fingerprint density at radius 3 is 2.38 bits per heavy atom. The van der Waals surface area contributed by atoms with Gasteiger partial charge in [0.25, 0.3) is 5.91 Å². The number of anilines is 4. The molecule has 0 fully saturated rings. The van der Waals surface area contributed by atoms with Crippen LogP contribution in [0.2, 0.25) is 0 Å².